The van der Waals surface area contributed by atoms with E-state index < -0.39 is 0 Å². The maximum absolute atomic E-state index is 12.3. The highest BCUT2D eigenvalue weighted by Crippen LogP contribution is 2.36. The van der Waals surface area contributed by atoms with Gasteiger partial charge in [0.15, 0.2) is 0 Å². The van der Waals surface area contributed by atoms with E-state index in [4.69, 9.17) is 4.74 Å². The molecule has 1 heterocycles. The summed E-state index contributed by atoms with van der Waals surface area (Å²) in [5.41, 5.74) is 1.48. The third kappa shape index (κ3) is 3.95. The number of piperidine rings is 1. The van der Waals surface area contributed by atoms with E-state index in [9.17, 15) is 4.79 Å². The lowest BCUT2D eigenvalue weighted by molar-refractivity contribution is -0.152. The third-order valence-corrected chi connectivity index (χ3v) is 5.54. The van der Waals surface area contributed by atoms with Gasteiger partial charge in [0.05, 0.1) is 6.61 Å². The van der Waals surface area contributed by atoms with Gasteiger partial charge in [-0.1, -0.05) is 36.8 Å². The molecular weight excluding hydrogens is 286 g/mol. The first-order valence-corrected chi connectivity index (χ1v) is 9.27. The normalized spacial score (nSPS) is 29.2. The monoisotopic (exact) mass is 315 g/mol. The molecule has 0 bridgehead atoms. The van der Waals surface area contributed by atoms with Crippen LogP contribution in [0.15, 0.2) is 30.3 Å². The number of carbonyl (C=O) groups excluding carboxylic acids is 1. The molecule has 3 nitrogen and oxygen atoms in total. The summed E-state index contributed by atoms with van der Waals surface area (Å²) in [6, 6.07) is 11.4. The first-order valence-electron chi connectivity index (χ1n) is 9.27. The van der Waals surface area contributed by atoms with E-state index in [1.54, 1.807) is 0 Å². The van der Waals surface area contributed by atoms with Crippen LogP contribution in [0.3, 0.4) is 0 Å². The molecule has 126 valence electrons. The zero-order valence-electron chi connectivity index (χ0n) is 14.2. The Labute approximate surface area is 140 Å². The molecule has 1 aliphatic carbocycles. The maximum Gasteiger partial charge on any atom is 0.323 e. The Balaban J connectivity index is 1.60. The second-order valence-corrected chi connectivity index (χ2v) is 6.92. The fraction of sp³-hybridized carbons (Fsp3) is 0.650. The van der Waals surface area contributed by atoms with Gasteiger partial charge in [0.2, 0.25) is 0 Å². The molecule has 2 fully saturated rings. The van der Waals surface area contributed by atoms with E-state index in [1.807, 2.05) is 6.92 Å². The Morgan fingerprint density at radius 2 is 1.83 bits per heavy atom. The van der Waals surface area contributed by atoms with E-state index in [-0.39, 0.29) is 12.0 Å². The predicted octanol–water partition coefficient (Wildman–Crippen LogP) is 4.13. The minimum absolute atomic E-state index is 0.00183. The topological polar surface area (TPSA) is 29.5 Å². The summed E-state index contributed by atoms with van der Waals surface area (Å²) in [5.74, 6) is 0.690. The van der Waals surface area contributed by atoms with Crippen LogP contribution < -0.4 is 0 Å². The molecule has 1 saturated carbocycles. The largest absolute Gasteiger partial charge is 0.465 e. The smallest absolute Gasteiger partial charge is 0.323 e. The highest BCUT2D eigenvalue weighted by atomic mass is 16.5. The van der Waals surface area contributed by atoms with Crippen LogP contribution in [0.25, 0.3) is 0 Å². The zero-order valence-corrected chi connectivity index (χ0v) is 14.2. The molecule has 1 atom stereocenters. The summed E-state index contributed by atoms with van der Waals surface area (Å²) in [5, 5.41) is 0. The van der Waals surface area contributed by atoms with E-state index in [1.165, 1.54) is 37.7 Å². The number of ether oxygens (including phenoxy) is 1. The Morgan fingerprint density at radius 1 is 1.09 bits per heavy atom. The van der Waals surface area contributed by atoms with Crippen molar-refractivity contribution in [3.05, 3.63) is 35.9 Å². The van der Waals surface area contributed by atoms with Crippen LogP contribution in [-0.4, -0.2) is 36.1 Å². The number of hydrogen-bond donors (Lipinski definition) is 0. The maximum atomic E-state index is 12.3. The molecule has 0 spiro atoms. The summed E-state index contributed by atoms with van der Waals surface area (Å²) in [6.07, 6.45) is 8.22. The molecule has 0 amide bonds. The summed E-state index contributed by atoms with van der Waals surface area (Å²) in [6.45, 7) is 3.45. The number of nitrogens with zero attached hydrogens (tertiary/aromatic N) is 1. The van der Waals surface area contributed by atoms with Crippen molar-refractivity contribution in [1.29, 1.82) is 0 Å². The number of hydrogen-bond acceptors (Lipinski definition) is 3. The van der Waals surface area contributed by atoms with Crippen LogP contribution in [0, 0.1) is 0 Å². The Morgan fingerprint density at radius 3 is 2.52 bits per heavy atom. The summed E-state index contributed by atoms with van der Waals surface area (Å²) < 4.78 is 5.31. The van der Waals surface area contributed by atoms with Gasteiger partial charge >= 0.3 is 5.97 Å². The van der Waals surface area contributed by atoms with Crippen LogP contribution >= 0.6 is 0 Å². The van der Waals surface area contributed by atoms with Crippen molar-refractivity contribution in [3.63, 3.8) is 0 Å². The van der Waals surface area contributed by atoms with Gasteiger partial charge in [0.25, 0.3) is 0 Å². The molecule has 0 radical (unpaired) electrons. The molecule has 1 aromatic rings. The highest BCUT2D eigenvalue weighted by molar-refractivity contribution is 5.76. The average Bonchev–Trinajstić information content (AvgIpc) is 2.63. The van der Waals surface area contributed by atoms with Gasteiger partial charge < -0.3 is 4.74 Å². The van der Waals surface area contributed by atoms with Gasteiger partial charge in [0, 0.05) is 6.04 Å². The van der Waals surface area contributed by atoms with Crippen LogP contribution in [-0.2, 0) is 9.53 Å². The predicted molar refractivity (Wildman–Crippen MR) is 92.4 cm³/mol. The molecule has 0 unspecified atom stereocenters. The molecule has 2 aliphatic rings. The van der Waals surface area contributed by atoms with Crippen molar-refractivity contribution in [3.8, 4) is 0 Å². The second-order valence-electron chi connectivity index (χ2n) is 6.92. The molecule has 1 saturated heterocycles. The standard InChI is InChI=1S/C20H29NO2/c1-2-23-20(22)19-10-6-7-15-21(19)18-13-11-17(12-14-18)16-8-4-3-5-9-16/h3-5,8-9,17-19H,2,6-7,10-15H2,1H3/t17?,18?,19-/m0/s1. The summed E-state index contributed by atoms with van der Waals surface area (Å²) in [7, 11) is 0. The lowest BCUT2D eigenvalue weighted by atomic mass is 9.80. The van der Waals surface area contributed by atoms with Crippen LogP contribution in [0.1, 0.15) is 63.4 Å². The van der Waals surface area contributed by atoms with Gasteiger partial charge in [-0.05, 0) is 63.5 Å². The third-order valence-electron chi connectivity index (χ3n) is 5.54. The Bertz CT molecular complexity index is 494. The second kappa shape index (κ2) is 7.96. The molecule has 0 N–H and O–H groups in total. The first kappa shape index (κ1) is 16.5. The SMILES string of the molecule is CCOC(=O)[C@@H]1CCCCN1C1CCC(c2ccccc2)CC1. The lowest BCUT2D eigenvalue weighted by Gasteiger charge is -2.42. The van der Waals surface area contributed by atoms with Crippen LogP contribution in [0.4, 0.5) is 0 Å². The molecule has 1 aliphatic heterocycles. The average molecular weight is 315 g/mol. The number of likely N-dealkylation sites (tertiary alicyclic amines) is 1. The van der Waals surface area contributed by atoms with Crippen molar-refractivity contribution in [1.82, 2.24) is 4.90 Å². The van der Waals surface area contributed by atoms with E-state index in [0.29, 0.717) is 18.6 Å². The van der Waals surface area contributed by atoms with Gasteiger partial charge in [-0.3, -0.25) is 9.69 Å². The van der Waals surface area contributed by atoms with Crippen LogP contribution in [0.2, 0.25) is 0 Å². The highest BCUT2D eigenvalue weighted by Gasteiger charge is 2.36. The summed E-state index contributed by atoms with van der Waals surface area (Å²) >= 11 is 0. The first-order chi connectivity index (χ1) is 11.3. The van der Waals surface area contributed by atoms with Gasteiger partial charge in [-0.15, -0.1) is 0 Å². The fourth-order valence-electron chi connectivity index (χ4n) is 4.35. The molecule has 0 aromatic heterocycles. The van der Waals surface area contributed by atoms with Crippen molar-refractivity contribution in [2.45, 2.75) is 69.9 Å². The Kier molecular flexibility index (Phi) is 5.71. The molecular formula is C20H29NO2. The lowest BCUT2D eigenvalue weighted by Crippen LogP contribution is -2.51. The molecule has 23 heavy (non-hydrogen) atoms. The number of benzene rings is 1. The fourth-order valence-corrected chi connectivity index (χ4v) is 4.35. The van der Waals surface area contributed by atoms with E-state index in [2.05, 4.69) is 35.2 Å². The van der Waals surface area contributed by atoms with Crippen molar-refractivity contribution in [2.24, 2.45) is 0 Å². The quantitative estimate of drug-likeness (QED) is 0.782. The number of carbonyl (C=O) groups is 1. The van der Waals surface area contributed by atoms with Crippen molar-refractivity contribution >= 4 is 5.97 Å². The van der Waals surface area contributed by atoms with Gasteiger partial charge in [-0.25, -0.2) is 0 Å². The van der Waals surface area contributed by atoms with Gasteiger partial charge in [-0.2, -0.15) is 0 Å². The van der Waals surface area contributed by atoms with Gasteiger partial charge in [0.1, 0.15) is 6.04 Å². The molecule has 3 heteroatoms. The molecule has 1 aromatic carbocycles. The Hall–Kier alpha value is -1.35. The number of rotatable bonds is 4. The van der Waals surface area contributed by atoms with Crippen LogP contribution in [0.5, 0.6) is 0 Å². The van der Waals surface area contributed by atoms with E-state index in [0.717, 1.165) is 19.4 Å². The number of esters is 1. The van der Waals surface area contributed by atoms with Crippen molar-refractivity contribution < 1.29 is 9.53 Å². The minimum Gasteiger partial charge on any atom is -0.465 e. The zero-order chi connectivity index (χ0) is 16.1. The molecule has 3 rings (SSSR count). The van der Waals surface area contributed by atoms with Crippen molar-refractivity contribution in [2.75, 3.05) is 13.2 Å². The van der Waals surface area contributed by atoms with E-state index >= 15 is 0 Å². The minimum atomic E-state index is -0.00242. The summed E-state index contributed by atoms with van der Waals surface area (Å²) in [4.78, 5) is 14.7.